The summed E-state index contributed by atoms with van der Waals surface area (Å²) < 4.78 is 31.4. The molecule has 1 unspecified atom stereocenters. The van der Waals surface area contributed by atoms with E-state index in [1.165, 1.54) is 31.9 Å². The Balaban J connectivity index is 0.000000173. The van der Waals surface area contributed by atoms with Crippen LogP contribution in [0, 0.1) is 0 Å². The van der Waals surface area contributed by atoms with Crippen LogP contribution in [-0.2, 0) is 30.6 Å². The van der Waals surface area contributed by atoms with Gasteiger partial charge in [-0.2, -0.15) is 0 Å². The smallest absolute Gasteiger partial charge is 0.308 e. The van der Waals surface area contributed by atoms with Gasteiger partial charge in [-0.3, -0.25) is 14.4 Å². The van der Waals surface area contributed by atoms with Crippen LogP contribution < -0.4 is 28.4 Å². The fourth-order valence-corrected chi connectivity index (χ4v) is 9.65. The van der Waals surface area contributed by atoms with E-state index >= 15 is 0 Å². The number of hydrogen-bond donors (Lipinski definition) is 0. The van der Waals surface area contributed by atoms with Crippen LogP contribution in [0.3, 0.4) is 0 Å². The lowest BCUT2D eigenvalue weighted by molar-refractivity contribution is -0.132. The maximum atomic E-state index is 11.4. The molecule has 396 valence electrons. The molecule has 0 aliphatic rings. The molecule has 0 amide bonds. The first kappa shape index (κ1) is 56.5. The molecule has 0 radical (unpaired) electrons. The van der Waals surface area contributed by atoms with Gasteiger partial charge in [0.1, 0.15) is 34.5 Å². The van der Waals surface area contributed by atoms with Crippen molar-refractivity contribution in [2.75, 3.05) is 21.3 Å². The third-order valence-corrected chi connectivity index (χ3v) is 13.8. The van der Waals surface area contributed by atoms with Crippen LogP contribution in [-0.4, -0.2) is 39.2 Å². The van der Waals surface area contributed by atoms with Crippen LogP contribution in [0.25, 0.3) is 0 Å². The lowest BCUT2D eigenvalue weighted by Crippen LogP contribution is -2.31. The van der Waals surface area contributed by atoms with E-state index in [2.05, 4.69) is 118 Å². The molecule has 1 atom stereocenters. The molecule has 0 N–H and O–H groups in total. The number of carbonyl (C=O) groups is 3. The lowest BCUT2D eigenvalue weighted by Gasteiger charge is -2.37. The van der Waals surface area contributed by atoms with Crippen LogP contribution in [0.2, 0.25) is 0 Å². The van der Waals surface area contributed by atoms with Gasteiger partial charge in [0.15, 0.2) is 0 Å². The van der Waals surface area contributed by atoms with Gasteiger partial charge in [-0.15, -0.1) is 0 Å². The Bertz CT molecular complexity index is 3280. The van der Waals surface area contributed by atoms with Crippen molar-refractivity contribution in [3.8, 4) is 34.5 Å². The minimum Gasteiger partial charge on any atom is -0.497 e. The number of benzene rings is 9. The highest BCUT2D eigenvalue weighted by Gasteiger charge is 2.38. The van der Waals surface area contributed by atoms with E-state index in [-0.39, 0.29) is 28.7 Å². The van der Waals surface area contributed by atoms with E-state index in [0.717, 1.165) is 56.2 Å². The monoisotopic (exact) mass is 1040 g/mol. The van der Waals surface area contributed by atoms with Gasteiger partial charge < -0.3 is 28.4 Å². The first-order valence-corrected chi connectivity index (χ1v) is 25.6. The first-order valence-electron chi connectivity index (χ1n) is 25.6. The van der Waals surface area contributed by atoms with Crippen LogP contribution >= 0.6 is 0 Å². The third kappa shape index (κ3) is 13.4. The number of carbonyl (C=O) groups excluding carboxylic acids is 3. The van der Waals surface area contributed by atoms with Crippen molar-refractivity contribution in [3.05, 3.63) is 287 Å². The molecule has 0 fully saturated rings. The van der Waals surface area contributed by atoms with Crippen molar-refractivity contribution < 1.29 is 42.8 Å². The Morgan fingerprint density at radius 3 is 0.731 bits per heavy atom. The number of hydrogen-bond acceptors (Lipinski definition) is 9. The number of methoxy groups -OCH3 is 3. The van der Waals surface area contributed by atoms with Gasteiger partial charge in [0.2, 0.25) is 0 Å². The highest BCUT2D eigenvalue weighted by Crippen LogP contribution is 2.46. The number of esters is 3. The standard InChI is InChI=1S/C28H24O3.C23H22O3.C18H20O3/c1-21(29)31-27-19-15-25(16-20-27)28(22-9-5-3-6-10-22,23-11-7-4-8-12-23)24-13-17-26(30-2)18-14-24;1-17(24)26-22-15-11-20(12-16-22)23(2,18-7-5-4-6-8-18)19-9-13-21(25-3)14-10-19;1-13(19)21-17-11-7-15(8-12-17)18(2,3)14-5-9-16(20-4)10-6-14/h3-20H,1-2H3;4-16H,1-3H3;5-12H,1-4H3. The second-order valence-electron chi connectivity index (χ2n) is 19.1. The lowest BCUT2D eigenvalue weighted by atomic mass is 9.65. The molecule has 0 saturated heterocycles. The molecule has 0 heterocycles. The zero-order chi connectivity index (χ0) is 55.7. The quantitative estimate of drug-likeness (QED) is 0.0564. The Hall–Kier alpha value is -9.21. The summed E-state index contributed by atoms with van der Waals surface area (Å²) in [7, 11) is 5.00. The third-order valence-electron chi connectivity index (χ3n) is 13.8. The molecule has 0 saturated carbocycles. The van der Waals surface area contributed by atoms with Crippen LogP contribution in [0.5, 0.6) is 34.5 Å². The Kier molecular flexibility index (Phi) is 18.9. The van der Waals surface area contributed by atoms with E-state index in [1.54, 1.807) is 21.3 Å². The summed E-state index contributed by atoms with van der Waals surface area (Å²) in [6, 6.07) is 78.7. The van der Waals surface area contributed by atoms with Crippen molar-refractivity contribution >= 4 is 17.9 Å². The van der Waals surface area contributed by atoms with Gasteiger partial charge in [-0.25, -0.2) is 0 Å². The summed E-state index contributed by atoms with van der Waals surface area (Å²) in [4.78, 5) is 33.5. The molecule has 9 aromatic carbocycles. The maximum Gasteiger partial charge on any atom is 0.308 e. The minimum absolute atomic E-state index is 0.138. The predicted molar refractivity (Wildman–Crippen MR) is 308 cm³/mol. The molecule has 9 rings (SSSR count). The van der Waals surface area contributed by atoms with Crippen molar-refractivity contribution in [2.24, 2.45) is 0 Å². The molecule has 0 spiro atoms. The van der Waals surface area contributed by atoms with E-state index in [0.29, 0.717) is 17.2 Å². The molecule has 78 heavy (non-hydrogen) atoms. The average molecular weight is 1040 g/mol. The fraction of sp³-hybridized carbons (Fsp3) is 0.174. The number of rotatable bonds is 15. The topological polar surface area (TPSA) is 107 Å². The second-order valence-corrected chi connectivity index (χ2v) is 19.1. The van der Waals surface area contributed by atoms with Gasteiger partial charge in [0.05, 0.1) is 26.7 Å². The SMILES string of the molecule is COc1ccc(C(C)(C)c2ccc(OC(C)=O)cc2)cc1.COc1ccc(C(C)(c2ccccc2)c2ccc(OC(C)=O)cc2)cc1.COc1ccc(C(c2ccccc2)(c2ccccc2)c2ccc(OC(C)=O)cc2)cc1. The molecular formula is C69H66O9. The van der Waals surface area contributed by atoms with Crippen LogP contribution in [0.15, 0.2) is 237 Å². The van der Waals surface area contributed by atoms with Crippen molar-refractivity contribution in [3.63, 3.8) is 0 Å². The van der Waals surface area contributed by atoms with Crippen molar-refractivity contribution in [1.82, 2.24) is 0 Å². The molecule has 9 heteroatoms. The highest BCUT2D eigenvalue weighted by molar-refractivity contribution is 5.71. The highest BCUT2D eigenvalue weighted by atomic mass is 16.5. The molecule has 9 aromatic rings. The average Bonchev–Trinajstić information content (AvgIpc) is 3.51. The van der Waals surface area contributed by atoms with Crippen molar-refractivity contribution in [1.29, 1.82) is 0 Å². The molecule has 0 aliphatic carbocycles. The largest absolute Gasteiger partial charge is 0.497 e. The zero-order valence-corrected chi connectivity index (χ0v) is 45.7. The summed E-state index contributed by atoms with van der Waals surface area (Å²) in [5.41, 5.74) is 9.26. The van der Waals surface area contributed by atoms with Gasteiger partial charge >= 0.3 is 17.9 Å². The van der Waals surface area contributed by atoms with Gasteiger partial charge in [-0.05, 0) is 130 Å². The van der Waals surface area contributed by atoms with Crippen molar-refractivity contribution in [2.45, 2.75) is 57.8 Å². The van der Waals surface area contributed by atoms with E-state index in [9.17, 15) is 14.4 Å². The summed E-state index contributed by atoms with van der Waals surface area (Å²) in [5, 5.41) is 0. The summed E-state index contributed by atoms with van der Waals surface area (Å²) >= 11 is 0. The summed E-state index contributed by atoms with van der Waals surface area (Å²) in [6.45, 7) is 10.7. The van der Waals surface area contributed by atoms with Gasteiger partial charge in [-0.1, -0.05) is 178 Å². The van der Waals surface area contributed by atoms with E-state index < -0.39 is 5.41 Å². The number of ether oxygens (including phenoxy) is 6. The zero-order valence-electron chi connectivity index (χ0n) is 45.7. The molecule has 0 bridgehead atoms. The van der Waals surface area contributed by atoms with E-state index in [4.69, 9.17) is 28.4 Å². The van der Waals surface area contributed by atoms with E-state index in [1.807, 2.05) is 140 Å². The molecule has 9 nitrogen and oxygen atoms in total. The molecule has 0 aliphatic heterocycles. The Morgan fingerprint density at radius 2 is 0.474 bits per heavy atom. The van der Waals surface area contributed by atoms with Gasteiger partial charge in [0.25, 0.3) is 0 Å². The second kappa shape index (κ2) is 26.0. The van der Waals surface area contributed by atoms with Crippen LogP contribution in [0.4, 0.5) is 0 Å². The Labute approximate surface area is 459 Å². The fourth-order valence-electron chi connectivity index (χ4n) is 9.65. The van der Waals surface area contributed by atoms with Crippen LogP contribution in [0.1, 0.15) is 91.6 Å². The molecule has 0 aromatic heterocycles. The Morgan fingerprint density at radius 1 is 0.269 bits per heavy atom. The minimum atomic E-state index is -0.552. The maximum absolute atomic E-state index is 11.4. The summed E-state index contributed by atoms with van der Waals surface area (Å²) in [6.07, 6.45) is 0. The normalized spacial score (nSPS) is 11.7. The van der Waals surface area contributed by atoms with Gasteiger partial charge in [0, 0.05) is 31.6 Å². The first-order chi connectivity index (χ1) is 37.6. The molecular weight excluding hydrogens is 973 g/mol. The summed E-state index contributed by atoms with van der Waals surface area (Å²) in [5.74, 6) is 3.17. The predicted octanol–water partition coefficient (Wildman–Crippen LogP) is 14.9.